The van der Waals surface area contributed by atoms with Crippen molar-refractivity contribution in [1.29, 1.82) is 0 Å². The second-order valence-electron chi connectivity index (χ2n) is 3.59. The van der Waals surface area contributed by atoms with Crippen molar-refractivity contribution < 1.29 is 9.90 Å². The summed E-state index contributed by atoms with van der Waals surface area (Å²) < 4.78 is 0. The Labute approximate surface area is 79.5 Å². The van der Waals surface area contributed by atoms with Crippen molar-refractivity contribution >= 4 is 5.97 Å². The van der Waals surface area contributed by atoms with E-state index in [1.807, 2.05) is 0 Å². The van der Waals surface area contributed by atoms with Crippen LogP contribution < -0.4 is 11.1 Å². The number of carboxylic acid groups (broad SMARTS) is 1. The molecule has 0 fully saturated rings. The Morgan fingerprint density at radius 1 is 1.54 bits per heavy atom. The average molecular weight is 188 g/mol. The van der Waals surface area contributed by atoms with Crippen LogP contribution in [0.5, 0.6) is 0 Å². The summed E-state index contributed by atoms with van der Waals surface area (Å²) in [4.78, 5) is 10.2. The molecule has 1 atom stereocenters. The van der Waals surface area contributed by atoms with E-state index in [9.17, 15) is 4.79 Å². The molecule has 13 heavy (non-hydrogen) atoms. The molecule has 4 nitrogen and oxygen atoms in total. The fourth-order valence-corrected chi connectivity index (χ4v) is 1.07. The van der Waals surface area contributed by atoms with Crippen molar-refractivity contribution in [3.8, 4) is 0 Å². The molecule has 0 aromatic heterocycles. The molecule has 0 aromatic carbocycles. The number of carboxylic acids is 1. The van der Waals surface area contributed by atoms with Crippen LogP contribution in [0.2, 0.25) is 0 Å². The highest BCUT2D eigenvalue weighted by Crippen LogP contribution is 2.06. The largest absolute Gasteiger partial charge is 0.481 e. The Bertz CT molecular complexity index is 149. The summed E-state index contributed by atoms with van der Waals surface area (Å²) in [6, 6.07) is 0. The van der Waals surface area contributed by atoms with Crippen molar-refractivity contribution in [3.05, 3.63) is 0 Å². The van der Waals surface area contributed by atoms with Gasteiger partial charge in [-0.2, -0.15) is 0 Å². The standard InChI is InChI=1S/C9H20N2O2/c1-7(2)8(5-10)6-11-4-3-9(12)13/h7-8,11H,3-6,10H2,1-2H3,(H,12,13). The maximum atomic E-state index is 10.2. The topological polar surface area (TPSA) is 75.3 Å². The second kappa shape index (κ2) is 6.86. The second-order valence-corrected chi connectivity index (χ2v) is 3.59. The molecule has 0 aliphatic rings. The minimum Gasteiger partial charge on any atom is -0.481 e. The van der Waals surface area contributed by atoms with Crippen LogP contribution in [0, 0.1) is 11.8 Å². The smallest absolute Gasteiger partial charge is 0.304 e. The zero-order valence-electron chi connectivity index (χ0n) is 8.42. The maximum Gasteiger partial charge on any atom is 0.304 e. The van der Waals surface area contributed by atoms with E-state index in [-0.39, 0.29) is 6.42 Å². The minimum absolute atomic E-state index is 0.176. The molecule has 0 saturated carbocycles. The summed E-state index contributed by atoms with van der Waals surface area (Å²) in [5.74, 6) is 0.220. The molecule has 0 spiro atoms. The van der Waals surface area contributed by atoms with Gasteiger partial charge in [0.05, 0.1) is 6.42 Å². The van der Waals surface area contributed by atoms with Gasteiger partial charge in [0, 0.05) is 6.54 Å². The highest BCUT2D eigenvalue weighted by molar-refractivity contribution is 5.66. The van der Waals surface area contributed by atoms with Gasteiger partial charge < -0.3 is 16.2 Å². The van der Waals surface area contributed by atoms with Gasteiger partial charge in [-0.3, -0.25) is 4.79 Å². The molecule has 0 rings (SSSR count). The molecule has 0 bridgehead atoms. The fourth-order valence-electron chi connectivity index (χ4n) is 1.07. The Balaban J connectivity index is 3.44. The SMILES string of the molecule is CC(C)C(CN)CNCCC(=O)O. The minimum atomic E-state index is -0.763. The zero-order valence-corrected chi connectivity index (χ0v) is 8.42. The normalized spacial score (nSPS) is 13.2. The van der Waals surface area contributed by atoms with Crippen LogP contribution in [0.25, 0.3) is 0 Å². The van der Waals surface area contributed by atoms with Crippen LogP contribution in [-0.2, 0) is 4.79 Å². The molecule has 78 valence electrons. The van der Waals surface area contributed by atoms with Crippen LogP contribution in [0.15, 0.2) is 0 Å². The van der Waals surface area contributed by atoms with Gasteiger partial charge in [-0.1, -0.05) is 13.8 Å². The van der Waals surface area contributed by atoms with Crippen LogP contribution in [0.3, 0.4) is 0 Å². The summed E-state index contributed by atoms with van der Waals surface area (Å²) in [5.41, 5.74) is 5.56. The van der Waals surface area contributed by atoms with Crippen LogP contribution in [-0.4, -0.2) is 30.7 Å². The first-order valence-electron chi connectivity index (χ1n) is 4.70. The van der Waals surface area contributed by atoms with Crippen LogP contribution in [0.4, 0.5) is 0 Å². The van der Waals surface area contributed by atoms with Gasteiger partial charge in [0.15, 0.2) is 0 Å². The predicted octanol–water partition coefficient (Wildman–Crippen LogP) is 0.282. The first-order valence-corrected chi connectivity index (χ1v) is 4.70. The van der Waals surface area contributed by atoms with Gasteiger partial charge in [0.25, 0.3) is 0 Å². The molecule has 0 amide bonds. The Kier molecular flexibility index (Phi) is 6.54. The third-order valence-corrected chi connectivity index (χ3v) is 2.17. The molecule has 0 radical (unpaired) electrons. The van der Waals surface area contributed by atoms with E-state index < -0.39 is 5.97 Å². The molecular weight excluding hydrogens is 168 g/mol. The van der Waals surface area contributed by atoms with Crippen molar-refractivity contribution in [1.82, 2.24) is 5.32 Å². The molecule has 0 heterocycles. The highest BCUT2D eigenvalue weighted by Gasteiger charge is 2.10. The van der Waals surface area contributed by atoms with E-state index in [1.165, 1.54) is 0 Å². The first kappa shape index (κ1) is 12.4. The quantitative estimate of drug-likeness (QED) is 0.502. The maximum absolute atomic E-state index is 10.2. The third-order valence-electron chi connectivity index (χ3n) is 2.17. The van der Waals surface area contributed by atoms with E-state index in [0.717, 1.165) is 6.54 Å². The summed E-state index contributed by atoms with van der Waals surface area (Å²) >= 11 is 0. The number of carbonyl (C=O) groups is 1. The van der Waals surface area contributed by atoms with E-state index >= 15 is 0 Å². The predicted molar refractivity (Wildman–Crippen MR) is 52.5 cm³/mol. The van der Waals surface area contributed by atoms with Crippen LogP contribution >= 0.6 is 0 Å². The lowest BCUT2D eigenvalue weighted by Gasteiger charge is -2.18. The van der Waals surface area contributed by atoms with Crippen LogP contribution in [0.1, 0.15) is 20.3 Å². The Morgan fingerprint density at radius 3 is 2.54 bits per heavy atom. The lowest BCUT2D eigenvalue weighted by molar-refractivity contribution is -0.136. The molecule has 0 aliphatic carbocycles. The van der Waals surface area contributed by atoms with Gasteiger partial charge in [0.1, 0.15) is 0 Å². The van der Waals surface area contributed by atoms with Crippen molar-refractivity contribution in [2.75, 3.05) is 19.6 Å². The number of aliphatic carboxylic acids is 1. The summed E-state index contributed by atoms with van der Waals surface area (Å²) in [6.07, 6.45) is 0.176. The fraction of sp³-hybridized carbons (Fsp3) is 0.889. The van der Waals surface area contributed by atoms with Gasteiger partial charge in [0.2, 0.25) is 0 Å². The number of rotatable bonds is 7. The summed E-state index contributed by atoms with van der Waals surface area (Å²) in [7, 11) is 0. The van der Waals surface area contributed by atoms with Gasteiger partial charge in [-0.05, 0) is 24.9 Å². The lowest BCUT2D eigenvalue weighted by Crippen LogP contribution is -2.32. The Morgan fingerprint density at radius 2 is 2.15 bits per heavy atom. The molecule has 0 aliphatic heterocycles. The highest BCUT2D eigenvalue weighted by atomic mass is 16.4. The first-order chi connectivity index (χ1) is 6.07. The third kappa shape index (κ3) is 6.54. The van der Waals surface area contributed by atoms with E-state index in [0.29, 0.717) is 24.9 Å². The van der Waals surface area contributed by atoms with Gasteiger partial charge in [-0.15, -0.1) is 0 Å². The summed E-state index contributed by atoms with van der Waals surface area (Å²) in [5, 5.41) is 11.5. The molecule has 1 unspecified atom stereocenters. The zero-order chi connectivity index (χ0) is 10.3. The van der Waals surface area contributed by atoms with E-state index in [1.54, 1.807) is 0 Å². The molecule has 4 heteroatoms. The number of hydrogen-bond donors (Lipinski definition) is 3. The van der Waals surface area contributed by atoms with Crippen molar-refractivity contribution in [2.45, 2.75) is 20.3 Å². The van der Waals surface area contributed by atoms with Gasteiger partial charge >= 0.3 is 5.97 Å². The van der Waals surface area contributed by atoms with Crippen molar-refractivity contribution in [3.63, 3.8) is 0 Å². The summed E-state index contributed by atoms with van der Waals surface area (Å²) in [6.45, 7) is 6.23. The molecule has 0 aromatic rings. The average Bonchev–Trinajstić information content (AvgIpc) is 2.03. The van der Waals surface area contributed by atoms with Crippen molar-refractivity contribution in [2.24, 2.45) is 17.6 Å². The number of nitrogens with one attached hydrogen (secondary N) is 1. The monoisotopic (exact) mass is 188 g/mol. The molecular formula is C9H20N2O2. The molecule has 0 saturated heterocycles. The number of hydrogen-bond acceptors (Lipinski definition) is 3. The van der Waals surface area contributed by atoms with Gasteiger partial charge in [-0.25, -0.2) is 0 Å². The van der Waals surface area contributed by atoms with E-state index in [2.05, 4.69) is 19.2 Å². The van der Waals surface area contributed by atoms with E-state index in [4.69, 9.17) is 10.8 Å². The Hall–Kier alpha value is -0.610. The molecule has 4 N–H and O–H groups in total. The number of nitrogens with two attached hydrogens (primary N) is 1. The lowest BCUT2D eigenvalue weighted by atomic mass is 9.96.